The second kappa shape index (κ2) is 3.57. The molecule has 1 heteroatoms. The molecule has 0 radical (unpaired) electrons. The van der Waals surface area contributed by atoms with Crippen LogP contribution in [0.5, 0.6) is 0 Å². The van der Waals surface area contributed by atoms with Crippen LogP contribution in [0.3, 0.4) is 0 Å². The van der Waals surface area contributed by atoms with E-state index in [2.05, 4.69) is 12.2 Å². The largest absolute Gasteiger partial charge is 0.294 e. The molecular weight excluding hydrogens is 208 g/mol. The number of carbonyl (C=O) groups is 1. The summed E-state index contributed by atoms with van der Waals surface area (Å²) in [4.78, 5) is 12.6. The van der Waals surface area contributed by atoms with Crippen molar-refractivity contribution in [2.45, 2.75) is 44.9 Å². The summed E-state index contributed by atoms with van der Waals surface area (Å²) < 4.78 is 0. The summed E-state index contributed by atoms with van der Waals surface area (Å²) in [5, 5.41) is 0. The van der Waals surface area contributed by atoms with E-state index in [-0.39, 0.29) is 0 Å². The van der Waals surface area contributed by atoms with Gasteiger partial charge in [0.15, 0.2) is 5.78 Å². The van der Waals surface area contributed by atoms with Crippen LogP contribution in [0.25, 0.3) is 0 Å². The predicted molar refractivity (Wildman–Crippen MR) is 67.5 cm³/mol. The van der Waals surface area contributed by atoms with E-state index >= 15 is 0 Å². The van der Waals surface area contributed by atoms with Crippen LogP contribution in [0.2, 0.25) is 0 Å². The fraction of sp³-hybridized carbons (Fsp3) is 0.688. The molecule has 17 heavy (non-hydrogen) atoms. The minimum atomic E-state index is 0.395. The molecule has 0 aromatic rings. The summed E-state index contributed by atoms with van der Waals surface area (Å²) in [7, 11) is 0. The number of fused-ring (bicyclic) bond motifs is 5. The molecule has 0 saturated heterocycles. The lowest BCUT2D eigenvalue weighted by molar-refractivity contribution is -0.120. The van der Waals surface area contributed by atoms with Gasteiger partial charge in [0, 0.05) is 11.5 Å². The van der Waals surface area contributed by atoms with Crippen LogP contribution in [0.4, 0.5) is 0 Å². The number of ketones is 1. The van der Waals surface area contributed by atoms with Crippen molar-refractivity contribution in [3.05, 3.63) is 23.3 Å². The number of rotatable bonds is 1. The Morgan fingerprint density at radius 1 is 1.12 bits per heavy atom. The van der Waals surface area contributed by atoms with Gasteiger partial charge in [-0.3, -0.25) is 4.79 Å². The summed E-state index contributed by atoms with van der Waals surface area (Å²) in [6, 6.07) is 0. The molecule has 1 nitrogen and oxygen atoms in total. The van der Waals surface area contributed by atoms with Crippen molar-refractivity contribution in [2.75, 3.05) is 0 Å². The Bertz CT molecular complexity index is 429. The number of hydrogen-bond donors (Lipinski definition) is 0. The first-order valence-electron chi connectivity index (χ1n) is 7.30. The first-order valence-corrected chi connectivity index (χ1v) is 7.30. The highest BCUT2D eigenvalue weighted by Gasteiger charge is 2.53. The zero-order valence-corrected chi connectivity index (χ0v) is 10.3. The number of carbonyl (C=O) groups excluding carboxylic acids is 1. The summed E-state index contributed by atoms with van der Waals surface area (Å²) in [5.74, 6) is 3.10. The van der Waals surface area contributed by atoms with Crippen LogP contribution >= 0.6 is 0 Å². The molecule has 0 spiro atoms. The van der Waals surface area contributed by atoms with Crippen molar-refractivity contribution in [1.82, 2.24) is 0 Å². The van der Waals surface area contributed by atoms with Gasteiger partial charge in [-0.15, -0.1) is 0 Å². The molecular formula is C16H20O. The highest BCUT2D eigenvalue weighted by molar-refractivity contribution is 6.04. The van der Waals surface area contributed by atoms with Crippen LogP contribution in [0, 0.1) is 23.7 Å². The van der Waals surface area contributed by atoms with Crippen molar-refractivity contribution in [3.63, 3.8) is 0 Å². The van der Waals surface area contributed by atoms with E-state index < -0.39 is 0 Å². The Morgan fingerprint density at radius 2 is 2.00 bits per heavy atom. The van der Waals surface area contributed by atoms with Gasteiger partial charge in [-0.05, 0) is 68.3 Å². The van der Waals surface area contributed by atoms with Gasteiger partial charge in [0.2, 0.25) is 0 Å². The quantitative estimate of drug-likeness (QED) is 0.669. The van der Waals surface area contributed by atoms with Crippen molar-refractivity contribution in [3.8, 4) is 0 Å². The predicted octanol–water partition coefficient (Wildman–Crippen LogP) is 3.66. The van der Waals surface area contributed by atoms with E-state index in [1.165, 1.54) is 44.1 Å². The van der Waals surface area contributed by atoms with Crippen LogP contribution in [0.1, 0.15) is 44.9 Å². The standard InChI is InChI=1S/C16H20O/c17-16-14(10-4-2-1-3-5-10)9-13-11-6-7-12(8-11)15(13)16/h4,9,11-13,15H,1-3,5-8H2/t11-,12+,13+,15-/m0/s1. The zero-order chi connectivity index (χ0) is 11.4. The fourth-order valence-corrected chi connectivity index (χ4v) is 4.77. The molecule has 0 aromatic carbocycles. The van der Waals surface area contributed by atoms with Crippen molar-refractivity contribution >= 4 is 5.78 Å². The van der Waals surface area contributed by atoms with Gasteiger partial charge in [-0.1, -0.05) is 12.2 Å². The molecule has 90 valence electrons. The minimum Gasteiger partial charge on any atom is -0.294 e. The highest BCUT2D eigenvalue weighted by atomic mass is 16.1. The van der Waals surface area contributed by atoms with E-state index in [0.29, 0.717) is 17.6 Å². The van der Waals surface area contributed by atoms with Gasteiger partial charge in [0.1, 0.15) is 0 Å². The number of allylic oxidation sites excluding steroid dienone is 4. The van der Waals surface area contributed by atoms with Gasteiger partial charge < -0.3 is 0 Å². The van der Waals surface area contributed by atoms with E-state index in [0.717, 1.165) is 23.8 Å². The Balaban J connectivity index is 1.67. The van der Waals surface area contributed by atoms with Crippen molar-refractivity contribution in [2.24, 2.45) is 23.7 Å². The SMILES string of the molecule is O=C1C(C2=CCCCC2)=C[C@@H]2[C@H]3CC[C@H](C3)[C@H]12. The third kappa shape index (κ3) is 1.34. The average Bonchev–Trinajstić information content (AvgIpc) is 3.03. The first-order chi connectivity index (χ1) is 8.34. The van der Waals surface area contributed by atoms with E-state index in [9.17, 15) is 4.79 Å². The number of hydrogen-bond acceptors (Lipinski definition) is 1. The van der Waals surface area contributed by atoms with Crippen LogP contribution in [0.15, 0.2) is 23.3 Å². The lowest BCUT2D eigenvalue weighted by atomic mass is 9.80. The molecule has 0 amide bonds. The lowest BCUT2D eigenvalue weighted by Crippen LogP contribution is -2.24. The summed E-state index contributed by atoms with van der Waals surface area (Å²) in [6.07, 6.45) is 13.6. The van der Waals surface area contributed by atoms with Crippen molar-refractivity contribution in [1.29, 1.82) is 0 Å². The highest BCUT2D eigenvalue weighted by Crippen LogP contribution is 2.57. The van der Waals surface area contributed by atoms with Gasteiger partial charge in [-0.2, -0.15) is 0 Å². The molecule has 4 aliphatic rings. The van der Waals surface area contributed by atoms with E-state index in [4.69, 9.17) is 0 Å². The summed E-state index contributed by atoms with van der Waals surface area (Å²) in [5.41, 5.74) is 2.52. The monoisotopic (exact) mass is 228 g/mol. The summed E-state index contributed by atoms with van der Waals surface area (Å²) in [6.45, 7) is 0. The zero-order valence-electron chi connectivity index (χ0n) is 10.3. The van der Waals surface area contributed by atoms with Gasteiger partial charge in [-0.25, -0.2) is 0 Å². The van der Waals surface area contributed by atoms with Gasteiger partial charge >= 0.3 is 0 Å². The molecule has 2 saturated carbocycles. The van der Waals surface area contributed by atoms with Crippen LogP contribution in [-0.4, -0.2) is 5.78 Å². The normalized spacial score (nSPS) is 43.6. The van der Waals surface area contributed by atoms with Gasteiger partial charge in [0.05, 0.1) is 0 Å². The molecule has 0 aromatic heterocycles. The lowest BCUT2D eigenvalue weighted by Gasteiger charge is -2.22. The maximum absolute atomic E-state index is 12.6. The molecule has 2 fully saturated rings. The number of Topliss-reactive ketones (excluding diaryl/α,β-unsaturated/α-hetero) is 1. The fourth-order valence-electron chi connectivity index (χ4n) is 4.77. The maximum Gasteiger partial charge on any atom is 0.166 e. The second-order valence-corrected chi connectivity index (χ2v) is 6.36. The molecule has 0 N–H and O–H groups in total. The van der Waals surface area contributed by atoms with E-state index in [1.807, 2.05) is 0 Å². The second-order valence-electron chi connectivity index (χ2n) is 6.36. The molecule has 0 heterocycles. The Morgan fingerprint density at radius 3 is 2.76 bits per heavy atom. The van der Waals surface area contributed by atoms with Gasteiger partial charge in [0.25, 0.3) is 0 Å². The smallest absolute Gasteiger partial charge is 0.166 e. The van der Waals surface area contributed by atoms with Crippen LogP contribution in [-0.2, 0) is 4.79 Å². The maximum atomic E-state index is 12.6. The third-order valence-electron chi connectivity index (χ3n) is 5.54. The average molecular weight is 228 g/mol. The topological polar surface area (TPSA) is 17.1 Å². The third-order valence-corrected chi connectivity index (χ3v) is 5.54. The Labute approximate surface area is 103 Å². The molecule has 2 bridgehead atoms. The molecule has 4 rings (SSSR count). The Kier molecular flexibility index (Phi) is 2.12. The first kappa shape index (κ1) is 10.1. The van der Waals surface area contributed by atoms with Crippen molar-refractivity contribution < 1.29 is 4.79 Å². The molecule has 4 aliphatic carbocycles. The molecule has 0 unspecified atom stereocenters. The Hall–Kier alpha value is -0.850. The molecule has 0 aliphatic heterocycles. The van der Waals surface area contributed by atoms with E-state index in [1.54, 1.807) is 0 Å². The summed E-state index contributed by atoms with van der Waals surface area (Å²) >= 11 is 0. The molecule has 4 atom stereocenters. The minimum absolute atomic E-state index is 0.395. The van der Waals surface area contributed by atoms with Crippen LogP contribution < -0.4 is 0 Å².